The van der Waals surface area contributed by atoms with E-state index in [-0.39, 0.29) is 0 Å². The van der Waals surface area contributed by atoms with E-state index in [9.17, 15) is 0 Å². The molecule has 0 amide bonds. The molecule has 1 aromatic heterocycles. The summed E-state index contributed by atoms with van der Waals surface area (Å²) in [5, 5.41) is 10.3. The number of anilines is 3. The van der Waals surface area contributed by atoms with Crippen LogP contribution in [0.2, 0.25) is 0 Å². The topological polar surface area (TPSA) is 3.24 Å². The highest BCUT2D eigenvalue weighted by Gasteiger charge is 2.20. The first-order chi connectivity index (χ1) is 18.8. The molecule has 0 saturated heterocycles. The van der Waals surface area contributed by atoms with Gasteiger partial charge in [-0.2, -0.15) is 0 Å². The zero-order valence-electron chi connectivity index (χ0n) is 20.6. The number of fused-ring (bicyclic) bond motifs is 8. The van der Waals surface area contributed by atoms with Gasteiger partial charge in [0.25, 0.3) is 0 Å². The first kappa shape index (κ1) is 21.4. The van der Waals surface area contributed by atoms with Crippen molar-refractivity contribution in [1.29, 1.82) is 0 Å². The van der Waals surface area contributed by atoms with Crippen LogP contribution < -0.4 is 4.90 Å². The minimum Gasteiger partial charge on any atom is -0.310 e. The van der Waals surface area contributed by atoms with Gasteiger partial charge in [-0.05, 0) is 57.3 Å². The predicted octanol–water partition coefficient (Wildman–Crippen LogP) is 11.0. The molecule has 0 saturated carbocycles. The van der Waals surface area contributed by atoms with Gasteiger partial charge < -0.3 is 4.90 Å². The predicted molar refractivity (Wildman–Crippen MR) is 167 cm³/mol. The third kappa shape index (κ3) is 3.24. The van der Waals surface area contributed by atoms with E-state index < -0.39 is 0 Å². The third-order valence-corrected chi connectivity index (χ3v) is 8.78. The van der Waals surface area contributed by atoms with Crippen LogP contribution in [0.4, 0.5) is 17.1 Å². The number of hydrogen-bond acceptors (Lipinski definition) is 2. The maximum Gasteiger partial charge on any atom is 0.0554 e. The van der Waals surface area contributed by atoms with Crippen LogP contribution in [0, 0.1) is 0 Å². The fourth-order valence-electron chi connectivity index (χ4n) is 5.85. The van der Waals surface area contributed by atoms with Crippen LogP contribution in [-0.4, -0.2) is 0 Å². The smallest absolute Gasteiger partial charge is 0.0554 e. The van der Waals surface area contributed by atoms with Gasteiger partial charge in [-0.25, -0.2) is 0 Å². The van der Waals surface area contributed by atoms with Crippen LogP contribution in [0.1, 0.15) is 0 Å². The van der Waals surface area contributed by atoms with Gasteiger partial charge in [0.05, 0.1) is 5.69 Å². The molecule has 0 spiro atoms. The van der Waals surface area contributed by atoms with Crippen LogP contribution in [0.3, 0.4) is 0 Å². The van der Waals surface area contributed by atoms with Crippen molar-refractivity contribution in [2.24, 2.45) is 0 Å². The number of nitrogens with zero attached hydrogens (tertiary/aromatic N) is 1. The number of hydrogen-bond donors (Lipinski definition) is 0. The van der Waals surface area contributed by atoms with E-state index in [0.29, 0.717) is 0 Å². The Labute approximate surface area is 224 Å². The lowest BCUT2D eigenvalue weighted by atomic mass is 9.99. The van der Waals surface area contributed by atoms with Crippen molar-refractivity contribution in [3.05, 3.63) is 140 Å². The largest absolute Gasteiger partial charge is 0.310 e. The van der Waals surface area contributed by atoms with E-state index in [1.807, 2.05) is 11.3 Å². The lowest BCUT2D eigenvalue weighted by molar-refractivity contribution is 1.31. The summed E-state index contributed by atoms with van der Waals surface area (Å²) in [6, 6.07) is 50.7. The molecule has 0 unspecified atom stereocenters. The molecule has 178 valence electrons. The lowest BCUT2D eigenvalue weighted by Gasteiger charge is -2.27. The fourth-order valence-corrected chi connectivity index (χ4v) is 7.14. The van der Waals surface area contributed by atoms with Gasteiger partial charge in [-0.1, -0.05) is 109 Å². The van der Waals surface area contributed by atoms with Gasteiger partial charge in [0.2, 0.25) is 0 Å². The summed E-state index contributed by atoms with van der Waals surface area (Å²) in [5.41, 5.74) is 3.51. The first-order valence-corrected chi connectivity index (χ1v) is 13.8. The number of thiophene rings is 1. The summed E-state index contributed by atoms with van der Waals surface area (Å²) >= 11 is 1.90. The van der Waals surface area contributed by atoms with Gasteiger partial charge >= 0.3 is 0 Å². The first-order valence-electron chi connectivity index (χ1n) is 12.9. The molecule has 0 aliphatic rings. The Morgan fingerprint density at radius 2 is 1.08 bits per heavy atom. The van der Waals surface area contributed by atoms with Crippen molar-refractivity contribution in [2.75, 3.05) is 4.90 Å². The average Bonchev–Trinajstić information content (AvgIpc) is 3.37. The summed E-state index contributed by atoms with van der Waals surface area (Å²) in [6.07, 6.45) is 0. The van der Waals surface area contributed by atoms with Crippen molar-refractivity contribution in [3.63, 3.8) is 0 Å². The molecule has 0 radical (unpaired) electrons. The van der Waals surface area contributed by atoms with Gasteiger partial charge in [-0.15, -0.1) is 11.3 Å². The summed E-state index contributed by atoms with van der Waals surface area (Å²) in [5.74, 6) is 0. The van der Waals surface area contributed by atoms with E-state index in [0.717, 1.165) is 11.4 Å². The molecule has 0 aliphatic heterocycles. The Morgan fingerprint density at radius 1 is 0.421 bits per heavy atom. The molecular weight excluding hydrogens is 478 g/mol. The van der Waals surface area contributed by atoms with E-state index in [1.165, 1.54) is 58.2 Å². The number of para-hydroxylation sites is 1. The highest BCUT2D eigenvalue weighted by atomic mass is 32.1. The fraction of sp³-hybridized carbons (Fsp3) is 0. The van der Waals surface area contributed by atoms with Crippen molar-refractivity contribution >= 4 is 80.9 Å². The molecule has 0 aliphatic carbocycles. The molecule has 2 heteroatoms. The number of rotatable bonds is 3. The Hall–Kier alpha value is -4.66. The SMILES string of the molecule is c1ccc(N(c2ccc3ccccc3c2)c2cc3sc4c5ccccc5ccc4c3c3ccccc23)cc1. The summed E-state index contributed by atoms with van der Waals surface area (Å²) < 4.78 is 2.67. The second-order valence-electron chi connectivity index (χ2n) is 9.78. The molecule has 0 bridgehead atoms. The second kappa shape index (κ2) is 8.44. The Kier molecular flexibility index (Phi) is 4.76. The Bertz CT molecular complexity index is 2140. The molecule has 7 aromatic carbocycles. The molecule has 1 nitrogen and oxygen atoms in total. The van der Waals surface area contributed by atoms with Crippen molar-refractivity contribution in [1.82, 2.24) is 0 Å². The maximum absolute atomic E-state index is 2.41. The Balaban J connectivity index is 1.48. The van der Waals surface area contributed by atoms with Crippen molar-refractivity contribution < 1.29 is 0 Å². The maximum atomic E-state index is 2.41. The van der Waals surface area contributed by atoms with E-state index in [1.54, 1.807) is 0 Å². The van der Waals surface area contributed by atoms with E-state index in [4.69, 9.17) is 0 Å². The Morgan fingerprint density at radius 3 is 1.92 bits per heavy atom. The minimum atomic E-state index is 1.15. The van der Waals surface area contributed by atoms with E-state index >= 15 is 0 Å². The highest BCUT2D eigenvalue weighted by Crippen LogP contribution is 2.47. The molecule has 38 heavy (non-hydrogen) atoms. The second-order valence-corrected chi connectivity index (χ2v) is 10.8. The highest BCUT2D eigenvalue weighted by molar-refractivity contribution is 7.27. The molecule has 8 rings (SSSR count). The average molecular weight is 502 g/mol. The van der Waals surface area contributed by atoms with Crippen LogP contribution in [-0.2, 0) is 0 Å². The molecule has 1 heterocycles. The molecule has 8 aromatic rings. The van der Waals surface area contributed by atoms with Gasteiger partial charge in [0.15, 0.2) is 0 Å². The minimum absolute atomic E-state index is 1.15. The van der Waals surface area contributed by atoms with Crippen LogP contribution in [0.15, 0.2) is 140 Å². The van der Waals surface area contributed by atoms with Gasteiger partial charge in [0, 0.05) is 36.9 Å². The van der Waals surface area contributed by atoms with E-state index in [2.05, 4.69) is 144 Å². The zero-order chi connectivity index (χ0) is 25.1. The zero-order valence-corrected chi connectivity index (χ0v) is 21.5. The van der Waals surface area contributed by atoms with Crippen molar-refractivity contribution in [3.8, 4) is 0 Å². The number of benzene rings is 7. The normalized spacial score (nSPS) is 11.7. The van der Waals surface area contributed by atoms with Crippen molar-refractivity contribution in [2.45, 2.75) is 0 Å². The van der Waals surface area contributed by atoms with Crippen LogP contribution in [0.5, 0.6) is 0 Å². The third-order valence-electron chi connectivity index (χ3n) is 7.59. The van der Waals surface area contributed by atoms with Crippen LogP contribution >= 0.6 is 11.3 Å². The molecule has 0 N–H and O–H groups in total. The summed E-state index contributed by atoms with van der Waals surface area (Å²) in [6.45, 7) is 0. The molecular formula is C36H23NS. The molecule has 0 fully saturated rings. The van der Waals surface area contributed by atoms with Crippen LogP contribution in [0.25, 0.3) is 52.5 Å². The summed E-state index contributed by atoms with van der Waals surface area (Å²) in [4.78, 5) is 2.41. The van der Waals surface area contributed by atoms with Gasteiger partial charge in [0.1, 0.15) is 0 Å². The standard InChI is InChI=1S/C36H23NS/c1-2-13-27(14-3-1)37(28-20-18-24-10-4-5-12-26(24)22-28)33-23-34-35(31-17-9-8-16-30(31)33)32-21-19-25-11-6-7-15-29(25)36(32)38-34/h1-23H. The summed E-state index contributed by atoms with van der Waals surface area (Å²) in [7, 11) is 0. The lowest BCUT2D eigenvalue weighted by Crippen LogP contribution is -2.10. The quantitative estimate of drug-likeness (QED) is 0.233. The monoisotopic (exact) mass is 501 g/mol. The molecule has 0 atom stereocenters. The van der Waals surface area contributed by atoms with Gasteiger partial charge in [-0.3, -0.25) is 0 Å².